The average molecular weight is 1240 g/mol. The number of aromatic carboxylic acids is 2. The first kappa shape index (κ1) is 58.7. The normalized spacial score (nSPS) is 13.2. The first-order valence-electron chi connectivity index (χ1n) is 20.4. The molecule has 0 saturated carbocycles. The van der Waals surface area contributed by atoms with Gasteiger partial charge < -0.3 is 25.2 Å². The molecule has 0 saturated heterocycles. The van der Waals surface area contributed by atoms with E-state index in [1.54, 1.807) is 0 Å². The summed E-state index contributed by atoms with van der Waals surface area (Å²) in [5.41, 5.74) is -6.90. The van der Waals surface area contributed by atoms with E-state index in [-0.39, 0.29) is 37.9 Å². The molecule has 0 radical (unpaired) electrons. The van der Waals surface area contributed by atoms with Crippen LogP contribution in [0.25, 0.3) is 26.7 Å². The van der Waals surface area contributed by atoms with E-state index in [9.17, 15) is 108 Å². The van der Waals surface area contributed by atoms with Crippen LogP contribution in [0.2, 0.25) is 0 Å². The quantitative estimate of drug-likeness (QED) is 0.0256. The van der Waals surface area contributed by atoms with Crippen molar-refractivity contribution in [3.63, 3.8) is 0 Å². The number of nitrogens with zero attached hydrogens (tertiary/aromatic N) is 9. The summed E-state index contributed by atoms with van der Waals surface area (Å²) in [5.74, 6) is -7.57. The fourth-order valence-corrected chi connectivity index (χ4v) is 11.6. The van der Waals surface area contributed by atoms with Gasteiger partial charge in [-0.05, 0) is 73.5 Å². The molecule has 0 amide bonds. The van der Waals surface area contributed by atoms with Crippen molar-refractivity contribution in [2.24, 2.45) is 30.7 Å². The standard InChI is InChI=1S/C38H29N9O25S7/c1-15-7-24(25(72-5-2-6-74(54,55)56)14-23(15)41-45-38-39-29-26(73-38)11-19(76(60,61)62)12-27(29)77(63,64)65)42-43-30-28(78(66,67)68)13-21-20(33(30)48)3-4-22(34(21)79(69,70)71)40-44-31-32(37(52)53)46-47(35(31)49)17-8-16(36(50)51)9-18(10-17)75(57,58)59/h3-4,7-14,48-49H,2,5-6H2,1H3,(H,50,51)(H,52,53)(H,54,55,56)(H,57,58,59)(H,60,61,62)(H,63,64,65)(H,66,67,68)(H,69,70,71). The van der Waals surface area contributed by atoms with Crippen LogP contribution >= 0.6 is 11.3 Å². The topological polar surface area (TPSA) is 555 Å². The molecule has 5 aromatic carbocycles. The molecule has 0 atom stereocenters. The lowest BCUT2D eigenvalue weighted by Gasteiger charge is -2.13. The Balaban J connectivity index is 1.33. The van der Waals surface area contributed by atoms with Gasteiger partial charge in [0.2, 0.25) is 16.7 Å². The number of hydrogen-bond donors (Lipinski definition) is 10. The van der Waals surface area contributed by atoms with Crippen molar-refractivity contribution < 1.29 is 113 Å². The van der Waals surface area contributed by atoms with Crippen molar-refractivity contribution in [3.8, 4) is 23.1 Å². The van der Waals surface area contributed by atoms with Gasteiger partial charge in [0.1, 0.15) is 43.0 Å². The summed E-state index contributed by atoms with van der Waals surface area (Å²) in [7, 11) is -31.1. The zero-order valence-corrected chi connectivity index (χ0v) is 44.1. The number of phenolic OH excluding ortho intramolecular Hbond substituents is 1. The first-order chi connectivity index (χ1) is 36.3. The molecule has 0 aliphatic rings. The van der Waals surface area contributed by atoms with Gasteiger partial charge in [-0.25, -0.2) is 14.6 Å². The van der Waals surface area contributed by atoms with Gasteiger partial charge in [-0.3, -0.25) is 27.3 Å². The number of carbonyl (C=O) groups is 2. The molecule has 7 aromatic rings. The summed E-state index contributed by atoms with van der Waals surface area (Å²) in [5, 5.41) is 66.1. The number of ether oxygens (including phenoxy) is 1. The van der Waals surface area contributed by atoms with Crippen molar-refractivity contribution in [2.75, 3.05) is 12.4 Å². The first-order valence-corrected chi connectivity index (χ1v) is 30.0. The molecule has 10 N–H and O–H groups in total. The lowest BCUT2D eigenvalue weighted by atomic mass is 10.1. The van der Waals surface area contributed by atoms with Crippen LogP contribution in [-0.2, 0) is 60.7 Å². The third kappa shape index (κ3) is 13.0. The maximum atomic E-state index is 13.0. The van der Waals surface area contributed by atoms with E-state index in [2.05, 4.69) is 40.8 Å². The van der Waals surface area contributed by atoms with E-state index in [1.807, 2.05) is 0 Å². The predicted molar refractivity (Wildman–Crippen MR) is 264 cm³/mol. The van der Waals surface area contributed by atoms with Gasteiger partial charge in [0.25, 0.3) is 60.7 Å². The van der Waals surface area contributed by atoms with Gasteiger partial charge in [0.15, 0.2) is 11.4 Å². The Morgan fingerprint density at radius 2 is 1.23 bits per heavy atom. The summed E-state index contributed by atoms with van der Waals surface area (Å²) in [6, 6.07) is 7.07. The average Bonchev–Trinajstić information content (AvgIpc) is 3.99. The Bertz CT molecular complexity index is 4600. The number of azo groups is 3. The number of carboxylic acids is 2. The van der Waals surface area contributed by atoms with E-state index >= 15 is 0 Å². The fraction of sp³-hybridized carbons (Fsp3) is 0.105. The van der Waals surface area contributed by atoms with Crippen LogP contribution in [-0.4, -0.2) is 137 Å². The van der Waals surface area contributed by atoms with Crippen LogP contribution in [0.1, 0.15) is 32.8 Å². The number of benzene rings is 5. The smallest absolute Gasteiger partial charge is 0.358 e. The molecular formula is C38H29N9O25S7. The molecule has 34 nitrogen and oxygen atoms in total. The van der Waals surface area contributed by atoms with Crippen molar-refractivity contribution in [2.45, 2.75) is 37.8 Å². The maximum Gasteiger partial charge on any atom is 0.358 e. The number of phenols is 1. The van der Waals surface area contributed by atoms with Gasteiger partial charge in [0.05, 0.1) is 43.8 Å². The number of aromatic hydroxyl groups is 2. The predicted octanol–water partition coefficient (Wildman–Crippen LogP) is 5.89. The number of rotatable bonds is 19. The number of fused-ring (bicyclic) bond motifs is 2. The zero-order valence-electron chi connectivity index (χ0n) is 38.4. The molecule has 0 unspecified atom stereocenters. The van der Waals surface area contributed by atoms with E-state index in [0.29, 0.717) is 47.7 Å². The number of aromatic nitrogens is 3. The summed E-state index contributed by atoms with van der Waals surface area (Å²) in [4.78, 5) is 22.1. The molecule has 0 aliphatic heterocycles. The Morgan fingerprint density at radius 3 is 1.81 bits per heavy atom. The summed E-state index contributed by atoms with van der Waals surface area (Å²) in [6.45, 7) is 0.853. The molecule has 7 rings (SSSR count). The van der Waals surface area contributed by atoms with Gasteiger partial charge in [-0.15, -0.1) is 30.7 Å². The fourth-order valence-electron chi connectivity index (χ4n) is 6.86. The third-order valence-corrected chi connectivity index (χ3v) is 16.3. The molecule has 79 heavy (non-hydrogen) atoms. The summed E-state index contributed by atoms with van der Waals surface area (Å²) in [6.07, 6.45) is -0.376. The minimum atomic E-state index is -5.68. The molecule has 41 heteroatoms. The number of thiazole rings is 1. The molecule has 0 fully saturated rings. The molecular weight excluding hydrogens is 1210 g/mol. The minimum absolute atomic E-state index is 0.100. The van der Waals surface area contributed by atoms with Crippen molar-refractivity contribution in [3.05, 3.63) is 77.5 Å². The highest BCUT2D eigenvalue weighted by Gasteiger charge is 2.31. The van der Waals surface area contributed by atoms with Crippen LogP contribution in [0.4, 0.5) is 33.6 Å². The molecule has 2 aromatic heterocycles. The number of hydrogen-bond acceptors (Lipinski definition) is 26. The number of aryl methyl sites for hydroxylation is 1. The highest BCUT2D eigenvalue weighted by molar-refractivity contribution is 7.87. The number of carboxylic acid groups (broad SMARTS) is 2. The Hall–Kier alpha value is -7.94. The monoisotopic (exact) mass is 1230 g/mol. The highest BCUT2D eigenvalue weighted by atomic mass is 32.2. The van der Waals surface area contributed by atoms with Gasteiger partial charge in [-0.2, -0.15) is 60.3 Å². The zero-order chi connectivity index (χ0) is 58.7. The van der Waals surface area contributed by atoms with E-state index < -0.39 is 177 Å². The second-order valence-corrected chi connectivity index (χ2v) is 25.2. The second kappa shape index (κ2) is 21.0. The van der Waals surface area contributed by atoms with E-state index in [0.717, 1.165) is 24.3 Å². The van der Waals surface area contributed by atoms with Gasteiger partial charge >= 0.3 is 11.9 Å². The third-order valence-electron chi connectivity index (χ3n) is 10.3. The molecule has 0 aliphatic carbocycles. The Kier molecular flexibility index (Phi) is 15.6. The van der Waals surface area contributed by atoms with Crippen LogP contribution in [0.15, 0.2) is 116 Å². The second-order valence-electron chi connectivity index (χ2n) is 15.7. The largest absolute Gasteiger partial charge is 0.505 e. The Morgan fingerprint density at radius 1 is 0.620 bits per heavy atom. The van der Waals surface area contributed by atoms with Crippen LogP contribution in [0.3, 0.4) is 0 Å². The van der Waals surface area contributed by atoms with Crippen LogP contribution in [0, 0.1) is 6.92 Å². The molecule has 2 heterocycles. The van der Waals surface area contributed by atoms with Crippen molar-refractivity contribution >= 4 is 139 Å². The van der Waals surface area contributed by atoms with Crippen molar-refractivity contribution in [1.82, 2.24) is 14.8 Å². The van der Waals surface area contributed by atoms with Gasteiger partial charge in [0, 0.05) is 16.8 Å². The Labute approximate surface area is 444 Å². The van der Waals surface area contributed by atoms with Gasteiger partial charge in [-0.1, -0.05) is 11.3 Å². The van der Waals surface area contributed by atoms with Crippen molar-refractivity contribution in [1.29, 1.82) is 0 Å². The van der Waals surface area contributed by atoms with E-state index in [1.165, 1.54) is 6.92 Å². The summed E-state index contributed by atoms with van der Waals surface area (Å²) < 4.78 is 211. The highest BCUT2D eigenvalue weighted by Crippen LogP contribution is 2.47. The van der Waals surface area contributed by atoms with Crippen LogP contribution in [0.5, 0.6) is 17.4 Å². The summed E-state index contributed by atoms with van der Waals surface area (Å²) >= 11 is 0.544. The SMILES string of the molecule is Cc1cc(N=Nc2c(S(=O)(=O)O)cc3c(S(=O)(=O)O)c(N=Nc4c(C(=O)O)nn(-c5cc(C(=O)O)cc(S(=O)(=O)O)c5)c4O)ccc3c2O)c(OCCCS(=O)(=O)O)cc1N=Nc1nc2c(S(=O)(=O)O)cc(S(=O)(=O)O)cc2s1. The minimum Gasteiger partial charge on any atom is -0.505 e. The molecule has 0 bridgehead atoms. The lowest BCUT2D eigenvalue weighted by molar-refractivity contribution is 0.0682. The van der Waals surface area contributed by atoms with Crippen LogP contribution < -0.4 is 4.74 Å². The molecule has 418 valence electrons. The van der Waals surface area contributed by atoms with E-state index in [4.69, 9.17) is 4.74 Å². The maximum absolute atomic E-state index is 13.0. The molecule has 0 spiro atoms. The lowest BCUT2D eigenvalue weighted by Crippen LogP contribution is -2.08.